The molecule has 0 aliphatic heterocycles. The fraction of sp³-hybridized carbons (Fsp3) is 0.261. The number of H-pyrrole nitrogens is 1. The Balaban J connectivity index is 2.13. The number of carbonyl (C=O) groups excluding carboxylic acids is 1. The summed E-state index contributed by atoms with van der Waals surface area (Å²) in [5.41, 5.74) is 4.59. The zero-order valence-corrected chi connectivity index (χ0v) is 17.8. The number of aromatic nitrogens is 2. The third-order valence-corrected chi connectivity index (χ3v) is 4.85. The van der Waals surface area contributed by atoms with Gasteiger partial charge in [-0.2, -0.15) is 0 Å². The molecule has 0 radical (unpaired) electrons. The van der Waals surface area contributed by atoms with Crippen LogP contribution >= 0.6 is 0 Å². The highest BCUT2D eigenvalue weighted by atomic mass is 16.5. The maximum absolute atomic E-state index is 13.3. The largest absolute Gasteiger partial charge is 0.497 e. The number of hydrogen-bond donors (Lipinski definition) is 1. The quantitative estimate of drug-likeness (QED) is 0.499. The normalized spacial score (nSPS) is 11.4. The molecule has 0 aliphatic carbocycles. The molecule has 0 bridgehead atoms. The summed E-state index contributed by atoms with van der Waals surface area (Å²) >= 11 is 0. The van der Waals surface area contributed by atoms with Crippen molar-refractivity contribution in [2.45, 2.75) is 27.2 Å². The first-order valence-corrected chi connectivity index (χ1v) is 9.52. The van der Waals surface area contributed by atoms with Gasteiger partial charge in [0.25, 0.3) is 5.56 Å². The lowest BCUT2D eigenvalue weighted by Crippen LogP contribution is -2.20. The molecule has 0 fully saturated rings. The molecule has 3 aromatic rings. The number of hydrogen-bond acceptors (Lipinski definition) is 5. The first kappa shape index (κ1) is 21.1. The van der Waals surface area contributed by atoms with Gasteiger partial charge in [0.15, 0.2) is 0 Å². The maximum atomic E-state index is 13.3. The topological polar surface area (TPSA) is 85.7 Å². The number of ether oxygens (including phenoxy) is 2. The van der Waals surface area contributed by atoms with Crippen LogP contribution in [0.3, 0.4) is 0 Å². The van der Waals surface area contributed by atoms with Crippen LogP contribution in [0.4, 0.5) is 5.69 Å². The van der Waals surface area contributed by atoms with Gasteiger partial charge < -0.3 is 9.47 Å². The predicted molar refractivity (Wildman–Crippen MR) is 116 cm³/mol. The van der Waals surface area contributed by atoms with Gasteiger partial charge in [0.1, 0.15) is 5.75 Å². The van der Waals surface area contributed by atoms with E-state index < -0.39 is 5.97 Å². The average molecular weight is 407 g/mol. The number of esters is 1. The van der Waals surface area contributed by atoms with Crippen LogP contribution in [-0.4, -0.2) is 35.7 Å². The molecule has 7 nitrogen and oxygen atoms in total. The van der Waals surface area contributed by atoms with Crippen LogP contribution in [0, 0.1) is 13.8 Å². The number of rotatable bonds is 6. The van der Waals surface area contributed by atoms with E-state index in [1.54, 1.807) is 38.3 Å². The minimum atomic E-state index is -0.446. The first-order valence-electron chi connectivity index (χ1n) is 9.52. The van der Waals surface area contributed by atoms with Crippen LogP contribution in [0.2, 0.25) is 0 Å². The standard InChI is InChI=1S/C23H25N3O4/c1-14-6-11-19(15(2)12-14)24-16(3)22-20(13-21(27)30-5)25-26(23(22)28)17-7-9-18(29-4)10-8-17/h6-12,25H,13H2,1-5H3. The molecule has 0 spiro atoms. The molecule has 1 N–H and O–H groups in total. The Labute approximate surface area is 175 Å². The number of aliphatic imine (C=N–C) groups is 1. The molecule has 0 atom stereocenters. The number of carbonyl (C=O) groups is 1. The van der Waals surface area contributed by atoms with Crippen LogP contribution in [0.1, 0.15) is 29.3 Å². The van der Waals surface area contributed by atoms with Crippen molar-refractivity contribution in [1.82, 2.24) is 9.78 Å². The summed E-state index contributed by atoms with van der Waals surface area (Å²) in [5.74, 6) is 0.236. The van der Waals surface area contributed by atoms with Gasteiger partial charge in [-0.15, -0.1) is 0 Å². The number of nitrogens with zero attached hydrogens (tertiary/aromatic N) is 2. The van der Waals surface area contributed by atoms with Crippen molar-refractivity contribution in [3.8, 4) is 11.4 Å². The zero-order valence-electron chi connectivity index (χ0n) is 17.8. The summed E-state index contributed by atoms with van der Waals surface area (Å²) in [6.45, 7) is 5.76. The molecule has 0 saturated heterocycles. The molecule has 0 saturated carbocycles. The van der Waals surface area contributed by atoms with E-state index in [0.29, 0.717) is 28.4 Å². The molecule has 156 valence electrons. The van der Waals surface area contributed by atoms with E-state index in [1.165, 1.54) is 11.8 Å². The second-order valence-corrected chi connectivity index (χ2v) is 7.04. The van der Waals surface area contributed by atoms with Gasteiger partial charge in [0.2, 0.25) is 0 Å². The molecule has 7 heteroatoms. The van der Waals surface area contributed by atoms with E-state index in [-0.39, 0.29) is 12.0 Å². The average Bonchev–Trinajstić information content (AvgIpc) is 3.05. The van der Waals surface area contributed by atoms with Gasteiger partial charge in [0, 0.05) is 0 Å². The fourth-order valence-corrected chi connectivity index (χ4v) is 3.28. The van der Waals surface area contributed by atoms with Crippen LogP contribution in [-0.2, 0) is 16.0 Å². The Morgan fingerprint density at radius 2 is 1.80 bits per heavy atom. The summed E-state index contributed by atoms with van der Waals surface area (Å²) in [6, 6.07) is 13.0. The smallest absolute Gasteiger partial charge is 0.311 e. The molecular formula is C23H25N3O4. The molecule has 0 aliphatic rings. The summed E-state index contributed by atoms with van der Waals surface area (Å²) in [6.07, 6.45) is -0.0655. The number of aryl methyl sites for hydroxylation is 2. The summed E-state index contributed by atoms with van der Waals surface area (Å²) < 4.78 is 11.4. The lowest BCUT2D eigenvalue weighted by atomic mass is 10.1. The molecular weight excluding hydrogens is 382 g/mol. The highest BCUT2D eigenvalue weighted by Gasteiger charge is 2.20. The van der Waals surface area contributed by atoms with Gasteiger partial charge >= 0.3 is 5.97 Å². The minimum Gasteiger partial charge on any atom is -0.497 e. The van der Waals surface area contributed by atoms with E-state index in [4.69, 9.17) is 9.47 Å². The molecule has 1 aromatic heterocycles. The van der Waals surface area contributed by atoms with E-state index in [1.807, 2.05) is 32.0 Å². The van der Waals surface area contributed by atoms with E-state index in [2.05, 4.69) is 10.1 Å². The van der Waals surface area contributed by atoms with E-state index >= 15 is 0 Å². The second kappa shape index (κ2) is 8.82. The zero-order chi connectivity index (χ0) is 21.8. The van der Waals surface area contributed by atoms with Crippen LogP contribution in [0.15, 0.2) is 52.3 Å². The van der Waals surface area contributed by atoms with Gasteiger partial charge in [0.05, 0.1) is 49.0 Å². The van der Waals surface area contributed by atoms with Crippen LogP contribution in [0.25, 0.3) is 5.69 Å². The van der Waals surface area contributed by atoms with Crippen molar-refractivity contribution >= 4 is 17.4 Å². The van der Waals surface area contributed by atoms with Crippen molar-refractivity contribution in [1.29, 1.82) is 0 Å². The maximum Gasteiger partial charge on any atom is 0.311 e. The number of methoxy groups -OCH3 is 2. The molecule has 2 aromatic carbocycles. The third-order valence-electron chi connectivity index (χ3n) is 4.85. The Bertz CT molecular complexity index is 1150. The van der Waals surface area contributed by atoms with Crippen molar-refractivity contribution in [3.05, 3.63) is 75.2 Å². The fourth-order valence-electron chi connectivity index (χ4n) is 3.28. The second-order valence-electron chi connectivity index (χ2n) is 7.04. The summed E-state index contributed by atoms with van der Waals surface area (Å²) in [7, 11) is 2.90. The first-order chi connectivity index (χ1) is 14.3. The Morgan fingerprint density at radius 3 is 2.40 bits per heavy atom. The SMILES string of the molecule is COC(=O)Cc1[nH]n(-c2ccc(OC)cc2)c(=O)c1C(C)=Nc1ccc(C)cc1C. The monoisotopic (exact) mass is 407 g/mol. The van der Waals surface area contributed by atoms with Gasteiger partial charge in [-0.05, 0) is 56.7 Å². The molecule has 0 amide bonds. The number of benzene rings is 2. The predicted octanol–water partition coefficient (Wildman–Crippen LogP) is 3.65. The Kier molecular flexibility index (Phi) is 6.20. The summed E-state index contributed by atoms with van der Waals surface area (Å²) in [5, 5.41) is 3.04. The van der Waals surface area contributed by atoms with Crippen LogP contribution in [0.5, 0.6) is 5.75 Å². The highest BCUT2D eigenvalue weighted by molar-refractivity contribution is 6.01. The number of nitrogens with one attached hydrogen (secondary N) is 1. The van der Waals surface area contributed by atoms with Crippen LogP contribution < -0.4 is 10.3 Å². The van der Waals surface area contributed by atoms with Gasteiger partial charge in [-0.1, -0.05) is 17.7 Å². The molecule has 0 unspecified atom stereocenters. The van der Waals surface area contributed by atoms with Crippen molar-refractivity contribution in [2.75, 3.05) is 14.2 Å². The van der Waals surface area contributed by atoms with E-state index in [9.17, 15) is 9.59 Å². The molecule has 3 rings (SSSR count). The summed E-state index contributed by atoms with van der Waals surface area (Å²) in [4.78, 5) is 29.9. The van der Waals surface area contributed by atoms with E-state index in [0.717, 1.165) is 16.8 Å². The minimum absolute atomic E-state index is 0.0655. The third kappa shape index (κ3) is 4.35. The molecule has 30 heavy (non-hydrogen) atoms. The Morgan fingerprint density at radius 1 is 1.10 bits per heavy atom. The molecule has 1 heterocycles. The van der Waals surface area contributed by atoms with Gasteiger partial charge in [-0.25, -0.2) is 4.68 Å². The lowest BCUT2D eigenvalue weighted by molar-refractivity contribution is -0.139. The van der Waals surface area contributed by atoms with Gasteiger partial charge in [-0.3, -0.25) is 19.7 Å². The highest BCUT2D eigenvalue weighted by Crippen LogP contribution is 2.21. The van der Waals surface area contributed by atoms with Crippen molar-refractivity contribution < 1.29 is 14.3 Å². The Hall–Kier alpha value is -3.61. The van der Waals surface area contributed by atoms with Crippen molar-refractivity contribution in [3.63, 3.8) is 0 Å². The lowest BCUT2D eigenvalue weighted by Gasteiger charge is -2.05. The number of aromatic amines is 1. The van der Waals surface area contributed by atoms with Crippen molar-refractivity contribution in [2.24, 2.45) is 4.99 Å².